The predicted octanol–water partition coefficient (Wildman–Crippen LogP) is 2.74. The standard InChI is InChI=1S/C13H16FN3O/c1-7(8-3-4-8)17-11-6-12(18-2)9(14)5-10(11)16-13(17)15/h5-8H,3-4H2,1-2H3,(H2,15,16). The van der Waals surface area contributed by atoms with Gasteiger partial charge in [0.15, 0.2) is 11.6 Å². The minimum atomic E-state index is -0.409. The Morgan fingerprint density at radius 1 is 1.50 bits per heavy atom. The summed E-state index contributed by atoms with van der Waals surface area (Å²) in [4.78, 5) is 4.23. The molecule has 2 aromatic rings. The minimum Gasteiger partial charge on any atom is -0.494 e. The van der Waals surface area contributed by atoms with E-state index in [4.69, 9.17) is 10.5 Å². The van der Waals surface area contributed by atoms with E-state index in [0.29, 0.717) is 23.4 Å². The zero-order chi connectivity index (χ0) is 12.9. The second-order valence-corrected chi connectivity index (χ2v) is 4.89. The number of nitrogens with zero attached hydrogens (tertiary/aromatic N) is 2. The number of rotatable bonds is 3. The summed E-state index contributed by atoms with van der Waals surface area (Å²) in [5.41, 5.74) is 7.37. The number of imidazole rings is 1. The molecule has 0 saturated heterocycles. The van der Waals surface area contributed by atoms with Crippen LogP contribution in [0.4, 0.5) is 10.3 Å². The van der Waals surface area contributed by atoms with Gasteiger partial charge in [0.1, 0.15) is 0 Å². The summed E-state index contributed by atoms with van der Waals surface area (Å²) in [6.45, 7) is 2.13. The molecule has 0 aliphatic heterocycles. The van der Waals surface area contributed by atoms with Crippen LogP contribution in [-0.4, -0.2) is 16.7 Å². The number of halogens is 1. The summed E-state index contributed by atoms with van der Waals surface area (Å²) in [7, 11) is 1.46. The van der Waals surface area contributed by atoms with E-state index >= 15 is 0 Å². The number of nitrogen functional groups attached to an aromatic ring is 1. The van der Waals surface area contributed by atoms with Crippen LogP contribution < -0.4 is 10.5 Å². The van der Waals surface area contributed by atoms with Gasteiger partial charge in [0.05, 0.1) is 18.1 Å². The number of fused-ring (bicyclic) bond motifs is 1. The Bertz CT molecular complexity index is 604. The number of hydrogen-bond acceptors (Lipinski definition) is 3. The highest BCUT2D eigenvalue weighted by molar-refractivity contribution is 5.80. The Kier molecular flexibility index (Phi) is 2.43. The molecular formula is C13H16FN3O. The third-order valence-corrected chi connectivity index (χ3v) is 3.70. The lowest BCUT2D eigenvalue weighted by Crippen LogP contribution is -2.10. The van der Waals surface area contributed by atoms with Crippen molar-refractivity contribution in [3.63, 3.8) is 0 Å². The van der Waals surface area contributed by atoms with Gasteiger partial charge in [-0.05, 0) is 25.7 Å². The van der Waals surface area contributed by atoms with Gasteiger partial charge in [-0.1, -0.05) is 0 Å². The first-order valence-electron chi connectivity index (χ1n) is 6.12. The van der Waals surface area contributed by atoms with Gasteiger partial charge >= 0.3 is 0 Å². The Hall–Kier alpha value is -1.78. The third-order valence-electron chi connectivity index (χ3n) is 3.70. The summed E-state index contributed by atoms with van der Waals surface area (Å²) in [6, 6.07) is 3.35. The van der Waals surface area contributed by atoms with Gasteiger partial charge < -0.3 is 15.0 Å². The Morgan fingerprint density at radius 2 is 2.22 bits per heavy atom. The van der Waals surface area contributed by atoms with Crippen LogP contribution >= 0.6 is 0 Å². The third kappa shape index (κ3) is 1.62. The molecule has 0 spiro atoms. The van der Waals surface area contributed by atoms with Gasteiger partial charge in [-0.2, -0.15) is 0 Å². The highest BCUT2D eigenvalue weighted by atomic mass is 19.1. The fraction of sp³-hybridized carbons (Fsp3) is 0.462. The summed E-state index contributed by atoms with van der Waals surface area (Å²) in [5.74, 6) is 0.915. The molecule has 5 heteroatoms. The highest BCUT2D eigenvalue weighted by Crippen LogP contribution is 2.42. The summed E-state index contributed by atoms with van der Waals surface area (Å²) >= 11 is 0. The molecule has 1 unspecified atom stereocenters. The first-order chi connectivity index (χ1) is 8.61. The number of ether oxygens (including phenoxy) is 1. The molecule has 0 bridgehead atoms. The molecular weight excluding hydrogens is 233 g/mol. The Morgan fingerprint density at radius 3 is 2.83 bits per heavy atom. The summed E-state index contributed by atoms with van der Waals surface area (Å²) < 4.78 is 20.6. The van der Waals surface area contributed by atoms with Crippen molar-refractivity contribution in [2.45, 2.75) is 25.8 Å². The molecule has 3 rings (SSSR count). The van der Waals surface area contributed by atoms with Gasteiger partial charge in [0, 0.05) is 18.2 Å². The van der Waals surface area contributed by atoms with E-state index in [0.717, 1.165) is 5.52 Å². The fourth-order valence-electron chi connectivity index (χ4n) is 2.49. The van der Waals surface area contributed by atoms with E-state index in [9.17, 15) is 4.39 Å². The largest absolute Gasteiger partial charge is 0.494 e. The summed E-state index contributed by atoms with van der Waals surface area (Å²) in [6.07, 6.45) is 2.44. The minimum absolute atomic E-state index is 0.228. The average Bonchev–Trinajstić information content (AvgIpc) is 3.11. The molecule has 1 fully saturated rings. The van der Waals surface area contributed by atoms with Gasteiger partial charge in [-0.15, -0.1) is 0 Å². The Balaban J connectivity index is 2.20. The number of nitrogens with two attached hydrogens (primary N) is 1. The molecule has 1 heterocycles. The second-order valence-electron chi connectivity index (χ2n) is 4.89. The first-order valence-corrected chi connectivity index (χ1v) is 6.12. The molecule has 1 aliphatic rings. The second kappa shape index (κ2) is 3.86. The SMILES string of the molecule is COc1cc2c(cc1F)nc(N)n2C(C)C1CC1. The smallest absolute Gasteiger partial charge is 0.201 e. The number of anilines is 1. The van der Waals surface area contributed by atoms with Gasteiger partial charge in [-0.25, -0.2) is 9.37 Å². The van der Waals surface area contributed by atoms with Crippen LogP contribution in [-0.2, 0) is 0 Å². The molecule has 4 nitrogen and oxygen atoms in total. The number of methoxy groups -OCH3 is 1. The lowest BCUT2D eigenvalue weighted by atomic mass is 10.2. The van der Waals surface area contributed by atoms with Crippen LogP contribution in [0.2, 0.25) is 0 Å². The van der Waals surface area contributed by atoms with E-state index in [1.807, 2.05) is 4.57 Å². The van der Waals surface area contributed by atoms with Crippen LogP contribution in [0, 0.1) is 11.7 Å². The van der Waals surface area contributed by atoms with Crippen LogP contribution in [0.25, 0.3) is 11.0 Å². The average molecular weight is 249 g/mol. The van der Waals surface area contributed by atoms with Gasteiger partial charge in [-0.3, -0.25) is 0 Å². The van der Waals surface area contributed by atoms with E-state index in [1.165, 1.54) is 26.0 Å². The quantitative estimate of drug-likeness (QED) is 0.910. The van der Waals surface area contributed by atoms with E-state index in [-0.39, 0.29) is 5.75 Å². The highest BCUT2D eigenvalue weighted by Gasteiger charge is 2.31. The molecule has 1 atom stereocenters. The maximum atomic E-state index is 13.6. The monoisotopic (exact) mass is 249 g/mol. The number of benzene rings is 1. The maximum Gasteiger partial charge on any atom is 0.201 e. The van der Waals surface area contributed by atoms with Crippen LogP contribution in [0.15, 0.2) is 12.1 Å². The van der Waals surface area contributed by atoms with Gasteiger partial charge in [0.25, 0.3) is 0 Å². The van der Waals surface area contributed by atoms with Crippen molar-refractivity contribution in [2.75, 3.05) is 12.8 Å². The molecule has 1 aliphatic carbocycles. The topological polar surface area (TPSA) is 53.1 Å². The lowest BCUT2D eigenvalue weighted by molar-refractivity contribution is 0.387. The Labute approximate surface area is 105 Å². The molecule has 1 aromatic heterocycles. The fourth-order valence-corrected chi connectivity index (χ4v) is 2.49. The van der Waals surface area contributed by atoms with Crippen molar-refractivity contribution in [3.8, 4) is 5.75 Å². The maximum absolute atomic E-state index is 13.6. The lowest BCUT2D eigenvalue weighted by Gasteiger charge is -2.15. The molecule has 18 heavy (non-hydrogen) atoms. The molecule has 1 aromatic carbocycles. The van der Waals surface area contributed by atoms with Crippen molar-refractivity contribution in [2.24, 2.45) is 5.92 Å². The van der Waals surface area contributed by atoms with Crippen molar-refractivity contribution >= 4 is 17.0 Å². The normalized spacial score (nSPS) is 17.1. The van der Waals surface area contributed by atoms with Crippen molar-refractivity contribution < 1.29 is 9.13 Å². The molecule has 1 saturated carbocycles. The van der Waals surface area contributed by atoms with Crippen molar-refractivity contribution in [1.29, 1.82) is 0 Å². The van der Waals surface area contributed by atoms with Crippen LogP contribution in [0.5, 0.6) is 5.75 Å². The van der Waals surface area contributed by atoms with Crippen molar-refractivity contribution in [1.82, 2.24) is 9.55 Å². The zero-order valence-electron chi connectivity index (χ0n) is 10.5. The first kappa shape index (κ1) is 11.3. The molecule has 0 amide bonds. The predicted molar refractivity (Wildman–Crippen MR) is 68.1 cm³/mol. The zero-order valence-corrected chi connectivity index (χ0v) is 10.5. The molecule has 2 N–H and O–H groups in total. The van der Waals surface area contributed by atoms with E-state index < -0.39 is 5.82 Å². The number of aromatic nitrogens is 2. The molecule has 96 valence electrons. The van der Waals surface area contributed by atoms with E-state index in [2.05, 4.69) is 11.9 Å². The van der Waals surface area contributed by atoms with E-state index in [1.54, 1.807) is 6.07 Å². The summed E-state index contributed by atoms with van der Waals surface area (Å²) in [5, 5.41) is 0. The van der Waals surface area contributed by atoms with Crippen molar-refractivity contribution in [3.05, 3.63) is 17.9 Å². The van der Waals surface area contributed by atoms with Crippen LogP contribution in [0.1, 0.15) is 25.8 Å². The molecule has 0 radical (unpaired) electrons. The number of hydrogen-bond donors (Lipinski definition) is 1. The van der Waals surface area contributed by atoms with Crippen LogP contribution in [0.3, 0.4) is 0 Å². The van der Waals surface area contributed by atoms with Gasteiger partial charge in [0.2, 0.25) is 5.95 Å².